The molecular formula is C11H17N3O2. The van der Waals surface area contributed by atoms with Gasteiger partial charge in [0.2, 0.25) is 0 Å². The summed E-state index contributed by atoms with van der Waals surface area (Å²) in [6, 6.07) is -0.0727. The smallest absolute Gasteiger partial charge is 0.327 e. The van der Waals surface area contributed by atoms with Gasteiger partial charge < -0.3 is 10.4 Å². The lowest BCUT2D eigenvalue weighted by molar-refractivity contribution is 0.154. The second-order valence-electron chi connectivity index (χ2n) is 4.25. The van der Waals surface area contributed by atoms with Crippen LogP contribution in [-0.4, -0.2) is 33.3 Å². The van der Waals surface area contributed by atoms with E-state index in [1.54, 1.807) is 12.4 Å². The molecule has 5 heteroatoms. The minimum Gasteiger partial charge on any atom is -0.396 e. The highest BCUT2D eigenvalue weighted by Crippen LogP contribution is 2.23. The van der Waals surface area contributed by atoms with Crippen molar-refractivity contribution in [3.8, 4) is 0 Å². The maximum Gasteiger partial charge on any atom is 0.327 e. The first kappa shape index (κ1) is 11.1. The molecule has 5 nitrogen and oxygen atoms in total. The van der Waals surface area contributed by atoms with Gasteiger partial charge in [0, 0.05) is 31.0 Å². The molecule has 0 radical (unpaired) electrons. The van der Waals surface area contributed by atoms with Crippen molar-refractivity contribution in [1.29, 1.82) is 0 Å². The number of carbonyl (C=O) groups excluding carboxylic acids is 1. The number of nitrogens with one attached hydrogen (secondary N) is 1. The zero-order valence-electron chi connectivity index (χ0n) is 9.17. The van der Waals surface area contributed by atoms with Gasteiger partial charge in [0.05, 0.1) is 0 Å². The van der Waals surface area contributed by atoms with Crippen molar-refractivity contribution >= 4 is 6.03 Å². The van der Waals surface area contributed by atoms with Crippen LogP contribution in [0.25, 0.3) is 0 Å². The molecule has 2 rings (SSSR count). The molecule has 1 heterocycles. The largest absolute Gasteiger partial charge is 0.396 e. The molecule has 1 amide bonds. The number of nitrogens with zero attached hydrogens (tertiary/aromatic N) is 2. The molecule has 88 valence electrons. The molecule has 16 heavy (non-hydrogen) atoms. The maximum absolute atomic E-state index is 11.8. The van der Waals surface area contributed by atoms with Crippen LogP contribution in [0.5, 0.6) is 0 Å². The Bertz CT molecular complexity index is 337. The number of aliphatic hydroxyl groups is 1. The molecule has 0 aromatic carbocycles. The molecule has 2 N–H and O–H groups in total. The second kappa shape index (κ2) is 5.12. The summed E-state index contributed by atoms with van der Waals surface area (Å²) >= 11 is 0. The minimum atomic E-state index is -0.164. The SMILES string of the molecule is O=C(NC1CCCCC1CO)n1ccnc1. The van der Waals surface area contributed by atoms with E-state index in [1.807, 2.05) is 0 Å². The molecule has 0 spiro atoms. The lowest BCUT2D eigenvalue weighted by Crippen LogP contribution is -2.44. The van der Waals surface area contributed by atoms with E-state index >= 15 is 0 Å². The van der Waals surface area contributed by atoms with Gasteiger partial charge in [-0.25, -0.2) is 9.78 Å². The van der Waals surface area contributed by atoms with Gasteiger partial charge in [0.25, 0.3) is 0 Å². The van der Waals surface area contributed by atoms with Crippen LogP contribution in [0.15, 0.2) is 18.7 Å². The highest BCUT2D eigenvalue weighted by Gasteiger charge is 2.25. The monoisotopic (exact) mass is 223 g/mol. The van der Waals surface area contributed by atoms with E-state index in [4.69, 9.17) is 0 Å². The zero-order valence-corrected chi connectivity index (χ0v) is 9.17. The first-order chi connectivity index (χ1) is 7.81. The quantitative estimate of drug-likeness (QED) is 0.785. The third-order valence-electron chi connectivity index (χ3n) is 3.19. The third kappa shape index (κ3) is 2.41. The van der Waals surface area contributed by atoms with Crippen LogP contribution >= 0.6 is 0 Å². The number of hydrogen-bond acceptors (Lipinski definition) is 3. The standard InChI is InChI=1S/C11H17N3O2/c15-7-9-3-1-2-4-10(9)13-11(16)14-6-5-12-8-14/h5-6,8-10,15H,1-4,7H2,(H,13,16). The fourth-order valence-electron chi connectivity index (χ4n) is 2.23. The summed E-state index contributed by atoms with van der Waals surface area (Å²) in [5, 5.41) is 12.2. The summed E-state index contributed by atoms with van der Waals surface area (Å²) in [6.45, 7) is 0.148. The minimum absolute atomic E-state index is 0.0913. The summed E-state index contributed by atoms with van der Waals surface area (Å²) in [5.74, 6) is 0.196. The molecule has 1 aliphatic rings. The molecule has 1 aromatic heterocycles. The molecular weight excluding hydrogens is 206 g/mol. The topological polar surface area (TPSA) is 67.2 Å². The molecule has 0 bridgehead atoms. The van der Waals surface area contributed by atoms with E-state index in [-0.39, 0.29) is 24.6 Å². The van der Waals surface area contributed by atoms with Crippen LogP contribution in [0, 0.1) is 5.92 Å². The predicted molar refractivity (Wildman–Crippen MR) is 59.0 cm³/mol. The highest BCUT2D eigenvalue weighted by molar-refractivity contribution is 5.76. The summed E-state index contributed by atoms with van der Waals surface area (Å²) in [5.41, 5.74) is 0. The Kier molecular flexibility index (Phi) is 3.56. The third-order valence-corrected chi connectivity index (χ3v) is 3.19. The predicted octanol–water partition coefficient (Wildman–Crippen LogP) is 0.992. The van der Waals surface area contributed by atoms with Gasteiger partial charge >= 0.3 is 6.03 Å². The average Bonchev–Trinajstić information content (AvgIpc) is 2.83. The molecule has 1 fully saturated rings. The first-order valence-electron chi connectivity index (χ1n) is 5.71. The highest BCUT2D eigenvalue weighted by atomic mass is 16.3. The zero-order chi connectivity index (χ0) is 11.4. The van der Waals surface area contributed by atoms with E-state index in [0.717, 1.165) is 25.7 Å². The van der Waals surface area contributed by atoms with Crippen molar-refractivity contribution in [2.24, 2.45) is 5.92 Å². The van der Waals surface area contributed by atoms with Crippen LogP contribution in [-0.2, 0) is 0 Å². The number of imidazole rings is 1. The van der Waals surface area contributed by atoms with Crippen molar-refractivity contribution in [2.45, 2.75) is 31.7 Å². The molecule has 0 saturated heterocycles. The van der Waals surface area contributed by atoms with Gasteiger partial charge in [0.15, 0.2) is 0 Å². The number of rotatable bonds is 2. The van der Waals surface area contributed by atoms with E-state index in [0.29, 0.717) is 0 Å². The Labute approximate surface area is 94.5 Å². The number of aromatic nitrogens is 2. The summed E-state index contributed by atoms with van der Waals surface area (Å²) in [7, 11) is 0. The molecule has 0 aliphatic heterocycles. The molecule has 1 aromatic rings. The molecule has 2 unspecified atom stereocenters. The average molecular weight is 223 g/mol. The number of aliphatic hydroxyl groups excluding tert-OH is 1. The normalized spacial score (nSPS) is 25.3. The Hall–Kier alpha value is -1.36. The van der Waals surface area contributed by atoms with Gasteiger partial charge in [-0.2, -0.15) is 0 Å². The lowest BCUT2D eigenvalue weighted by atomic mass is 9.85. The Morgan fingerprint density at radius 3 is 3.00 bits per heavy atom. The van der Waals surface area contributed by atoms with Crippen LogP contribution in [0.1, 0.15) is 25.7 Å². The van der Waals surface area contributed by atoms with E-state index in [1.165, 1.54) is 10.9 Å². The summed E-state index contributed by atoms with van der Waals surface area (Å²) in [4.78, 5) is 15.6. The van der Waals surface area contributed by atoms with Crippen LogP contribution in [0.3, 0.4) is 0 Å². The van der Waals surface area contributed by atoms with Gasteiger partial charge in [0.1, 0.15) is 6.33 Å². The van der Waals surface area contributed by atoms with Crippen molar-refractivity contribution in [1.82, 2.24) is 14.9 Å². The number of carbonyl (C=O) groups is 1. The van der Waals surface area contributed by atoms with Gasteiger partial charge in [-0.1, -0.05) is 12.8 Å². The fraction of sp³-hybridized carbons (Fsp3) is 0.636. The Balaban J connectivity index is 1.95. The number of hydrogen-bond donors (Lipinski definition) is 2. The Morgan fingerprint density at radius 2 is 2.31 bits per heavy atom. The van der Waals surface area contributed by atoms with Crippen LogP contribution < -0.4 is 5.32 Å². The number of amides is 1. The second-order valence-corrected chi connectivity index (χ2v) is 4.25. The Morgan fingerprint density at radius 1 is 1.50 bits per heavy atom. The van der Waals surface area contributed by atoms with Gasteiger partial charge in [-0.3, -0.25) is 4.57 Å². The lowest BCUT2D eigenvalue weighted by Gasteiger charge is -2.30. The summed E-state index contributed by atoms with van der Waals surface area (Å²) in [6.07, 6.45) is 8.87. The van der Waals surface area contributed by atoms with Crippen molar-refractivity contribution in [3.05, 3.63) is 18.7 Å². The van der Waals surface area contributed by atoms with Crippen molar-refractivity contribution in [2.75, 3.05) is 6.61 Å². The van der Waals surface area contributed by atoms with Crippen LogP contribution in [0.4, 0.5) is 4.79 Å². The molecule has 1 aliphatic carbocycles. The van der Waals surface area contributed by atoms with Crippen molar-refractivity contribution in [3.63, 3.8) is 0 Å². The molecule has 2 atom stereocenters. The van der Waals surface area contributed by atoms with E-state index in [2.05, 4.69) is 10.3 Å². The van der Waals surface area contributed by atoms with E-state index < -0.39 is 0 Å². The fourth-order valence-corrected chi connectivity index (χ4v) is 2.23. The van der Waals surface area contributed by atoms with E-state index in [9.17, 15) is 9.90 Å². The first-order valence-corrected chi connectivity index (χ1v) is 5.71. The summed E-state index contributed by atoms with van der Waals surface area (Å²) < 4.78 is 1.42. The molecule has 1 saturated carbocycles. The van der Waals surface area contributed by atoms with Gasteiger partial charge in [-0.05, 0) is 12.8 Å². The van der Waals surface area contributed by atoms with Crippen molar-refractivity contribution < 1.29 is 9.90 Å². The van der Waals surface area contributed by atoms with Gasteiger partial charge in [-0.15, -0.1) is 0 Å². The maximum atomic E-state index is 11.8. The van der Waals surface area contributed by atoms with Crippen LogP contribution in [0.2, 0.25) is 0 Å².